The van der Waals surface area contributed by atoms with Crippen LogP contribution < -0.4 is 10.4 Å². The number of halogens is 1. The second-order valence-corrected chi connectivity index (χ2v) is 9.10. The van der Waals surface area contributed by atoms with Crippen LogP contribution in [0.3, 0.4) is 0 Å². The molecule has 0 saturated carbocycles. The van der Waals surface area contributed by atoms with Crippen LogP contribution in [0.15, 0.2) is 79.3 Å². The third kappa shape index (κ3) is 4.08. The van der Waals surface area contributed by atoms with Crippen LogP contribution in [-0.2, 0) is 7.05 Å². The summed E-state index contributed by atoms with van der Waals surface area (Å²) in [5, 5.41) is 6.84. The number of hydrogen-bond donors (Lipinski definition) is 0. The zero-order valence-electron chi connectivity index (χ0n) is 18.4. The average Bonchev–Trinajstić information content (AvgIpc) is 3.28. The van der Waals surface area contributed by atoms with Gasteiger partial charge >= 0.3 is 0 Å². The minimum absolute atomic E-state index is 0.158. The fraction of sp³-hybridized carbons (Fsp3) is 0.208. The lowest BCUT2D eigenvalue weighted by Gasteiger charge is -2.07. The van der Waals surface area contributed by atoms with Crippen molar-refractivity contribution in [2.24, 2.45) is 17.1 Å². The van der Waals surface area contributed by atoms with Gasteiger partial charge in [-0.15, -0.1) is 11.3 Å². The normalized spacial score (nSPS) is 12.5. The van der Waals surface area contributed by atoms with E-state index in [2.05, 4.69) is 22.9 Å². The van der Waals surface area contributed by atoms with Crippen molar-refractivity contribution in [2.75, 3.05) is 0 Å². The number of aromatic nitrogens is 3. The van der Waals surface area contributed by atoms with Gasteiger partial charge in [-0.3, -0.25) is 9.48 Å². The fourth-order valence-electron chi connectivity index (χ4n) is 3.35. The first-order valence-corrected chi connectivity index (χ1v) is 12.0. The molecule has 32 heavy (non-hydrogen) atoms. The minimum Gasteiger partial charge on any atom is -0.283 e. The highest BCUT2D eigenvalue weighted by Crippen LogP contribution is 2.28. The van der Waals surface area contributed by atoms with Gasteiger partial charge in [-0.25, -0.2) is 14.4 Å². The first-order chi connectivity index (χ1) is 15.4. The van der Waals surface area contributed by atoms with E-state index in [4.69, 9.17) is 10.1 Å². The van der Waals surface area contributed by atoms with Crippen molar-refractivity contribution in [3.05, 3.63) is 85.3 Å². The molecule has 2 aromatic heterocycles. The molecule has 0 atom stereocenters. The van der Waals surface area contributed by atoms with Crippen LogP contribution in [-0.4, -0.2) is 19.8 Å². The minimum atomic E-state index is -0.158. The molecule has 0 aliphatic rings. The Morgan fingerprint density at radius 2 is 1.78 bits per heavy atom. The number of benzene rings is 2. The third-order valence-corrected chi connectivity index (χ3v) is 6.86. The highest BCUT2D eigenvalue weighted by Gasteiger charge is 2.17. The van der Waals surface area contributed by atoms with Gasteiger partial charge in [-0.2, -0.15) is 5.10 Å². The Kier molecular flexibility index (Phi) is 6.43. The van der Waals surface area contributed by atoms with Crippen molar-refractivity contribution in [1.82, 2.24) is 14.0 Å². The van der Waals surface area contributed by atoms with E-state index in [1.54, 1.807) is 4.68 Å². The number of thiazole rings is 1. The standard InChI is InChI=1S/C24H24BrN5OS/c1-5-16(2)27-29-21(19-13-9-10-14-20(19)25)15-32-24(29)26-22-17(3)28(4)30(23(22)31)18-11-7-6-8-12-18/h6-15H,5H2,1-4H3. The Morgan fingerprint density at radius 3 is 2.47 bits per heavy atom. The van der Waals surface area contributed by atoms with E-state index in [-0.39, 0.29) is 5.56 Å². The molecular weight excluding hydrogens is 486 g/mol. The third-order valence-electron chi connectivity index (χ3n) is 5.35. The molecule has 0 saturated heterocycles. The molecule has 2 heterocycles. The largest absolute Gasteiger partial charge is 0.297 e. The summed E-state index contributed by atoms with van der Waals surface area (Å²) >= 11 is 5.11. The molecule has 0 aliphatic carbocycles. The number of rotatable bonds is 5. The Labute approximate surface area is 198 Å². The van der Waals surface area contributed by atoms with Gasteiger partial charge < -0.3 is 0 Å². The summed E-state index contributed by atoms with van der Waals surface area (Å²) in [6, 6.07) is 17.6. The van der Waals surface area contributed by atoms with Gasteiger partial charge in [0.15, 0.2) is 5.69 Å². The Hall–Kier alpha value is -2.97. The molecule has 0 aliphatic heterocycles. The molecule has 2 aromatic carbocycles. The van der Waals surface area contributed by atoms with E-state index in [1.807, 2.05) is 90.2 Å². The smallest absolute Gasteiger partial charge is 0.283 e. The number of nitrogens with zero attached hydrogens (tertiary/aromatic N) is 5. The van der Waals surface area contributed by atoms with Crippen molar-refractivity contribution < 1.29 is 0 Å². The predicted molar refractivity (Wildman–Crippen MR) is 135 cm³/mol. The van der Waals surface area contributed by atoms with Crippen molar-refractivity contribution in [3.63, 3.8) is 0 Å². The van der Waals surface area contributed by atoms with Gasteiger partial charge in [0.05, 0.1) is 17.1 Å². The maximum absolute atomic E-state index is 13.3. The van der Waals surface area contributed by atoms with E-state index in [0.29, 0.717) is 10.5 Å². The predicted octanol–water partition coefficient (Wildman–Crippen LogP) is 5.64. The molecule has 0 spiro atoms. The summed E-state index contributed by atoms with van der Waals surface area (Å²) < 4.78 is 6.29. The topological polar surface area (TPSA) is 56.6 Å². The van der Waals surface area contributed by atoms with Crippen LogP contribution in [0.1, 0.15) is 26.0 Å². The lowest BCUT2D eigenvalue weighted by atomic mass is 10.2. The number of para-hydroxylation sites is 1. The highest BCUT2D eigenvalue weighted by molar-refractivity contribution is 9.10. The van der Waals surface area contributed by atoms with Gasteiger partial charge in [-0.1, -0.05) is 59.3 Å². The average molecular weight is 510 g/mol. The van der Waals surface area contributed by atoms with Crippen LogP contribution in [0.4, 0.5) is 5.69 Å². The molecule has 8 heteroatoms. The van der Waals surface area contributed by atoms with E-state index in [9.17, 15) is 4.79 Å². The number of hydrogen-bond acceptors (Lipinski definition) is 4. The van der Waals surface area contributed by atoms with Crippen molar-refractivity contribution >= 4 is 38.7 Å². The van der Waals surface area contributed by atoms with Gasteiger partial charge in [0, 0.05) is 28.2 Å². The van der Waals surface area contributed by atoms with Crippen molar-refractivity contribution in [3.8, 4) is 16.9 Å². The molecule has 0 bridgehead atoms. The molecule has 4 aromatic rings. The molecule has 6 nitrogen and oxygen atoms in total. The van der Waals surface area contributed by atoms with Crippen LogP contribution in [0.25, 0.3) is 16.9 Å². The molecule has 0 unspecified atom stereocenters. The summed E-state index contributed by atoms with van der Waals surface area (Å²) in [6.07, 6.45) is 0.822. The summed E-state index contributed by atoms with van der Waals surface area (Å²) in [5.74, 6) is 0. The Morgan fingerprint density at radius 1 is 1.09 bits per heavy atom. The molecular formula is C24H24BrN5OS. The Bertz CT molecular complexity index is 1420. The molecule has 0 fully saturated rings. The summed E-state index contributed by atoms with van der Waals surface area (Å²) in [7, 11) is 1.87. The van der Waals surface area contributed by atoms with Gasteiger partial charge in [0.25, 0.3) is 5.56 Å². The molecule has 0 N–H and O–H groups in total. The zero-order chi connectivity index (χ0) is 22.8. The van der Waals surface area contributed by atoms with Crippen molar-refractivity contribution in [2.45, 2.75) is 27.2 Å². The first kappa shape index (κ1) is 22.2. The second-order valence-electron chi connectivity index (χ2n) is 7.41. The van der Waals surface area contributed by atoms with Crippen LogP contribution in [0.2, 0.25) is 0 Å². The highest BCUT2D eigenvalue weighted by atomic mass is 79.9. The fourth-order valence-corrected chi connectivity index (χ4v) is 4.66. The Balaban J connectivity index is 1.97. The molecule has 4 rings (SSSR count). The van der Waals surface area contributed by atoms with E-state index >= 15 is 0 Å². The van der Waals surface area contributed by atoms with E-state index in [1.165, 1.54) is 11.3 Å². The molecule has 0 radical (unpaired) electrons. The maximum Gasteiger partial charge on any atom is 0.297 e. The quantitative estimate of drug-likeness (QED) is 0.321. The van der Waals surface area contributed by atoms with Gasteiger partial charge in [0.2, 0.25) is 4.80 Å². The van der Waals surface area contributed by atoms with Gasteiger partial charge in [0.1, 0.15) is 0 Å². The second kappa shape index (κ2) is 9.26. The monoisotopic (exact) mass is 509 g/mol. The zero-order valence-corrected chi connectivity index (χ0v) is 20.8. The van der Waals surface area contributed by atoms with E-state index in [0.717, 1.165) is 39.2 Å². The van der Waals surface area contributed by atoms with Gasteiger partial charge in [-0.05, 0) is 38.5 Å². The van der Waals surface area contributed by atoms with Crippen LogP contribution >= 0.6 is 27.3 Å². The lowest BCUT2D eigenvalue weighted by Crippen LogP contribution is -2.20. The first-order valence-electron chi connectivity index (χ1n) is 10.3. The molecule has 0 amide bonds. The van der Waals surface area contributed by atoms with Crippen LogP contribution in [0.5, 0.6) is 0 Å². The van der Waals surface area contributed by atoms with E-state index < -0.39 is 0 Å². The maximum atomic E-state index is 13.3. The summed E-state index contributed by atoms with van der Waals surface area (Å²) in [5.41, 5.74) is 4.76. The SMILES string of the molecule is CCC(C)=Nn1c(-c2ccccc2Br)csc1=Nc1c(C)n(C)n(-c2ccccc2)c1=O. The lowest BCUT2D eigenvalue weighted by molar-refractivity contribution is 0.630. The van der Waals surface area contributed by atoms with Crippen LogP contribution in [0, 0.1) is 6.92 Å². The molecule has 164 valence electrons. The summed E-state index contributed by atoms with van der Waals surface area (Å²) in [6.45, 7) is 5.97. The van der Waals surface area contributed by atoms with Crippen molar-refractivity contribution in [1.29, 1.82) is 0 Å². The summed E-state index contributed by atoms with van der Waals surface area (Å²) in [4.78, 5) is 18.8.